The fraction of sp³-hybridized carbons (Fsp3) is 0.393. The number of hydrogen-bond acceptors (Lipinski definition) is 3. The molecule has 198 valence electrons. The van der Waals surface area contributed by atoms with Crippen molar-refractivity contribution >= 4 is 46.6 Å². The Morgan fingerprint density at radius 3 is 2.24 bits per heavy atom. The summed E-state index contributed by atoms with van der Waals surface area (Å²) >= 11 is 12.3. The van der Waals surface area contributed by atoms with E-state index in [1.165, 1.54) is 10.5 Å². The number of nitrogens with zero attached hydrogens (tertiary/aromatic N) is 3. The van der Waals surface area contributed by atoms with Crippen molar-refractivity contribution in [2.45, 2.75) is 53.4 Å². The summed E-state index contributed by atoms with van der Waals surface area (Å²) in [5.74, 6) is 0.322. The van der Waals surface area contributed by atoms with Crippen molar-refractivity contribution < 1.29 is 9.59 Å². The van der Waals surface area contributed by atoms with Gasteiger partial charge in [-0.2, -0.15) is 5.10 Å². The van der Waals surface area contributed by atoms with Gasteiger partial charge in [0.05, 0.1) is 21.4 Å². The zero-order chi connectivity index (χ0) is 27.3. The topological polar surface area (TPSA) is 79.3 Å². The number of carbonyl (C=O) groups is 2. The third-order valence-corrected chi connectivity index (χ3v) is 6.45. The van der Waals surface area contributed by atoms with Gasteiger partial charge in [-0.05, 0) is 48.2 Å². The van der Waals surface area contributed by atoms with Crippen LogP contribution in [0.1, 0.15) is 52.8 Å². The highest BCUT2D eigenvalue weighted by atomic mass is 35.5. The number of aryl methyl sites for hydroxylation is 1. The second-order valence-corrected chi connectivity index (χ2v) is 11.3. The summed E-state index contributed by atoms with van der Waals surface area (Å²) in [4.78, 5) is 27.8. The maximum absolute atomic E-state index is 13.2. The minimum absolute atomic E-state index is 0.117. The number of hydrogen-bond donors (Lipinski definition) is 2. The maximum Gasteiger partial charge on any atom is 0.322 e. The number of benzene rings is 2. The predicted molar refractivity (Wildman–Crippen MR) is 152 cm³/mol. The molecule has 1 heterocycles. The lowest BCUT2D eigenvalue weighted by Gasteiger charge is -2.24. The summed E-state index contributed by atoms with van der Waals surface area (Å²) in [7, 11) is 0. The van der Waals surface area contributed by atoms with E-state index in [1.807, 2.05) is 65.0 Å². The van der Waals surface area contributed by atoms with Gasteiger partial charge in [0.25, 0.3) is 0 Å². The van der Waals surface area contributed by atoms with Crippen LogP contribution in [0.15, 0.2) is 48.5 Å². The molecule has 7 nitrogen and oxygen atoms in total. The molecule has 37 heavy (non-hydrogen) atoms. The van der Waals surface area contributed by atoms with Gasteiger partial charge in [0.15, 0.2) is 0 Å². The summed E-state index contributed by atoms with van der Waals surface area (Å²) in [6, 6.07) is 14.4. The second kappa shape index (κ2) is 12.0. The Balaban J connectivity index is 1.82. The van der Waals surface area contributed by atoms with Crippen LogP contribution < -0.4 is 10.6 Å². The number of halogens is 2. The van der Waals surface area contributed by atoms with E-state index in [0.29, 0.717) is 33.8 Å². The zero-order valence-corrected chi connectivity index (χ0v) is 23.7. The quantitative estimate of drug-likeness (QED) is 0.316. The van der Waals surface area contributed by atoms with Crippen molar-refractivity contribution in [2.75, 3.05) is 23.7 Å². The Bertz CT molecular complexity index is 1250. The van der Waals surface area contributed by atoms with Crippen LogP contribution in [0.3, 0.4) is 0 Å². The van der Waals surface area contributed by atoms with Gasteiger partial charge in [-0.3, -0.25) is 4.79 Å². The molecule has 3 amide bonds. The number of anilines is 2. The summed E-state index contributed by atoms with van der Waals surface area (Å²) < 4.78 is 1.63. The van der Waals surface area contributed by atoms with Crippen LogP contribution in [-0.2, 0) is 16.6 Å². The number of amides is 3. The van der Waals surface area contributed by atoms with Crippen LogP contribution in [0.4, 0.5) is 16.3 Å². The van der Waals surface area contributed by atoms with Gasteiger partial charge in [0.1, 0.15) is 12.4 Å². The van der Waals surface area contributed by atoms with Gasteiger partial charge in [0.2, 0.25) is 5.91 Å². The first kappa shape index (κ1) is 28.5. The third kappa shape index (κ3) is 7.73. The molecule has 0 aliphatic heterocycles. The fourth-order valence-corrected chi connectivity index (χ4v) is 3.98. The Labute approximate surface area is 229 Å². The molecule has 0 atom stereocenters. The molecule has 3 rings (SSSR count). The van der Waals surface area contributed by atoms with Crippen molar-refractivity contribution in [1.29, 1.82) is 0 Å². The molecule has 0 saturated carbocycles. The van der Waals surface area contributed by atoms with Gasteiger partial charge < -0.3 is 15.5 Å². The number of nitrogens with one attached hydrogen (secondary N) is 2. The van der Waals surface area contributed by atoms with E-state index in [2.05, 4.69) is 17.6 Å². The first-order chi connectivity index (χ1) is 17.4. The highest BCUT2D eigenvalue weighted by Gasteiger charge is 2.24. The molecular formula is C28H35Cl2N5O2. The van der Waals surface area contributed by atoms with E-state index in [4.69, 9.17) is 28.3 Å². The molecule has 0 spiro atoms. The van der Waals surface area contributed by atoms with Crippen molar-refractivity contribution in [2.24, 2.45) is 5.92 Å². The highest BCUT2D eigenvalue weighted by molar-refractivity contribution is 6.42. The van der Waals surface area contributed by atoms with Crippen molar-refractivity contribution in [3.63, 3.8) is 0 Å². The van der Waals surface area contributed by atoms with Gasteiger partial charge >= 0.3 is 6.03 Å². The van der Waals surface area contributed by atoms with E-state index in [9.17, 15) is 9.59 Å². The molecule has 0 aliphatic carbocycles. The smallest absolute Gasteiger partial charge is 0.315 e. The zero-order valence-electron chi connectivity index (χ0n) is 22.2. The summed E-state index contributed by atoms with van der Waals surface area (Å²) in [5.41, 5.74) is 3.07. The average Bonchev–Trinajstić information content (AvgIpc) is 3.25. The fourth-order valence-electron chi connectivity index (χ4n) is 3.69. The number of rotatable bonds is 8. The Morgan fingerprint density at radius 2 is 1.68 bits per heavy atom. The van der Waals surface area contributed by atoms with Crippen LogP contribution in [0.2, 0.25) is 10.0 Å². The van der Waals surface area contributed by atoms with Gasteiger partial charge in [0, 0.05) is 23.7 Å². The Hall–Kier alpha value is -3.03. The lowest BCUT2D eigenvalue weighted by molar-refractivity contribution is -0.116. The van der Waals surface area contributed by atoms with Crippen molar-refractivity contribution in [3.05, 3.63) is 69.8 Å². The molecular weight excluding hydrogens is 509 g/mol. The van der Waals surface area contributed by atoms with Gasteiger partial charge in [-0.25, -0.2) is 9.48 Å². The first-order valence-corrected chi connectivity index (χ1v) is 13.1. The lowest BCUT2D eigenvalue weighted by atomic mass is 9.92. The van der Waals surface area contributed by atoms with Crippen molar-refractivity contribution in [1.82, 2.24) is 14.7 Å². The summed E-state index contributed by atoms with van der Waals surface area (Å²) in [6.07, 6.45) is 0.920. The SMILES string of the molecule is CCc1ccc(NC(=O)N(CC(=O)Nc2cc(C(C)(C)C)nn2-c2ccc(Cl)c(Cl)c2)CC(C)C)cc1. The normalized spacial score (nSPS) is 11.5. The average molecular weight is 545 g/mol. The van der Waals surface area contributed by atoms with Crippen LogP contribution in [0.5, 0.6) is 0 Å². The Morgan fingerprint density at radius 1 is 1.00 bits per heavy atom. The molecule has 0 unspecified atom stereocenters. The molecule has 0 fully saturated rings. The predicted octanol–water partition coefficient (Wildman–Crippen LogP) is 7.17. The summed E-state index contributed by atoms with van der Waals surface area (Å²) in [6.45, 7) is 12.5. The molecule has 0 radical (unpaired) electrons. The number of carbonyl (C=O) groups excluding carboxylic acids is 2. The van der Waals surface area contributed by atoms with E-state index in [1.54, 1.807) is 22.9 Å². The van der Waals surface area contributed by atoms with E-state index in [0.717, 1.165) is 12.1 Å². The first-order valence-electron chi connectivity index (χ1n) is 12.4. The molecule has 2 aromatic carbocycles. The molecule has 9 heteroatoms. The molecule has 3 aromatic rings. The Kier molecular flexibility index (Phi) is 9.26. The standard InChI is InChI=1S/C28H35Cl2N5O2/c1-7-19-8-10-20(11-9-19)31-27(37)34(16-18(2)3)17-26(36)32-25-15-24(28(4,5)6)33-35(25)21-12-13-22(29)23(30)14-21/h8-15,18H,7,16-17H2,1-6H3,(H,31,37)(H,32,36). The number of aromatic nitrogens is 2. The minimum atomic E-state index is -0.334. The summed E-state index contributed by atoms with van der Waals surface area (Å²) in [5, 5.41) is 11.4. The van der Waals surface area contributed by atoms with Gasteiger partial charge in [-0.15, -0.1) is 0 Å². The van der Waals surface area contributed by atoms with Gasteiger partial charge in [-0.1, -0.05) is 76.9 Å². The van der Waals surface area contributed by atoms with Crippen LogP contribution >= 0.6 is 23.2 Å². The van der Waals surface area contributed by atoms with Crippen LogP contribution in [0, 0.1) is 5.92 Å². The molecule has 2 N–H and O–H groups in total. The third-order valence-electron chi connectivity index (χ3n) is 5.71. The molecule has 1 aromatic heterocycles. The molecule has 0 bridgehead atoms. The molecule has 0 saturated heterocycles. The van der Waals surface area contributed by atoms with Crippen molar-refractivity contribution in [3.8, 4) is 5.69 Å². The molecule has 0 aliphatic rings. The van der Waals surface area contributed by atoms with Crippen LogP contribution in [0.25, 0.3) is 5.69 Å². The largest absolute Gasteiger partial charge is 0.322 e. The lowest BCUT2D eigenvalue weighted by Crippen LogP contribution is -2.42. The second-order valence-electron chi connectivity index (χ2n) is 10.5. The highest BCUT2D eigenvalue weighted by Crippen LogP contribution is 2.29. The minimum Gasteiger partial charge on any atom is -0.315 e. The monoisotopic (exact) mass is 543 g/mol. The maximum atomic E-state index is 13.2. The van der Waals surface area contributed by atoms with E-state index < -0.39 is 0 Å². The number of urea groups is 1. The van der Waals surface area contributed by atoms with Crippen LogP contribution in [-0.4, -0.2) is 39.7 Å². The van der Waals surface area contributed by atoms with E-state index >= 15 is 0 Å². The van der Waals surface area contributed by atoms with E-state index in [-0.39, 0.29) is 29.8 Å².